The Balaban J connectivity index is 1.85. The Morgan fingerprint density at radius 2 is 1.66 bits per heavy atom. The highest BCUT2D eigenvalue weighted by atomic mass is 35.5. The Bertz CT molecular complexity index is 1260. The fraction of sp³-hybridized carbons (Fsp3) is 0.160. The van der Waals surface area contributed by atoms with E-state index in [1.165, 1.54) is 24.9 Å². The van der Waals surface area contributed by atoms with Crippen LogP contribution in [0.25, 0.3) is 0 Å². The van der Waals surface area contributed by atoms with Crippen molar-refractivity contribution < 1.29 is 14.4 Å². The molecule has 0 aliphatic carbocycles. The Hall–Kier alpha value is -3.69. The van der Waals surface area contributed by atoms with Gasteiger partial charge in [-0.1, -0.05) is 23.7 Å². The van der Waals surface area contributed by atoms with E-state index >= 15 is 0 Å². The number of halogens is 1. The second-order valence-corrected chi connectivity index (χ2v) is 9.27. The Morgan fingerprint density at radius 1 is 0.971 bits per heavy atom. The number of anilines is 2. The third-order valence-corrected chi connectivity index (χ3v) is 6.12. The highest BCUT2D eigenvalue weighted by Gasteiger charge is 2.17. The quantitative estimate of drug-likeness (QED) is 0.228. The number of aromatic nitrogens is 1. The van der Waals surface area contributed by atoms with Gasteiger partial charge in [0.2, 0.25) is 0 Å². The molecule has 35 heavy (non-hydrogen) atoms. The van der Waals surface area contributed by atoms with Gasteiger partial charge in [0.1, 0.15) is 17.4 Å². The van der Waals surface area contributed by atoms with Gasteiger partial charge in [0.25, 0.3) is 11.8 Å². The molecule has 0 saturated carbocycles. The summed E-state index contributed by atoms with van der Waals surface area (Å²) in [6.45, 7) is 1.49. The van der Waals surface area contributed by atoms with Crippen LogP contribution in [0, 0.1) is 5.41 Å². The molecular formula is C25H24ClN5O3S. The number of ketones is 1. The SMILES string of the molecule is CC(=O)CSc1ccc(NC(=O)c2ccc(C(=N)N(C)C)cc2)c(C(=O)Nc2ccc(Cl)cn2)c1. The number of carbonyl (C=O) groups is 3. The molecule has 0 atom stereocenters. The summed E-state index contributed by atoms with van der Waals surface area (Å²) >= 11 is 7.16. The maximum atomic E-state index is 13.1. The molecule has 180 valence electrons. The highest BCUT2D eigenvalue weighted by molar-refractivity contribution is 8.00. The molecule has 8 nitrogen and oxygen atoms in total. The van der Waals surface area contributed by atoms with Gasteiger partial charge >= 0.3 is 0 Å². The molecule has 0 spiro atoms. The molecule has 3 N–H and O–H groups in total. The van der Waals surface area contributed by atoms with Crippen molar-refractivity contribution in [1.29, 1.82) is 5.41 Å². The van der Waals surface area contributed by atoms with E-state index in [4.69, 9.17) is 17.0 Å². The van der Waals surface area contributed by atoms with Crippen molar-refractivity contribution in [2.45, 2.75) is 11.8 Å². The van der Waals surface area contributed by atoms with Gasteiger partial charge in [-0.2, -0.15) is 0 Å². The highest BCUT2D eigenvalue weighted by Crippen LogP contribution is 2.26. The molecule has 10 heteroatoms. The summed E-state index contributed by atoms with van der Waals surface area (Å²) in [6, 6.07) is 14.8. The molecule has 0 bridgehead atoms. The summed E-state index contributed by atoms with van der Waals surface area (Å²) in [5.74, 6) is 0.0167. The first-order chi connectivity index (χ1) is 16.6. The average molecular weight is 510 g/mol. The number of carbonyl (C=O) groups excluding carboxylic acids is 3. The number of nitrogens with one attached hydrogen (secondary N) is 3. The molecule has 2 aromatic carbocycles. The maximum absolute atomic E-state index is 13.1. The van der Waals surface area contributed by atoms with E-state index in [1.807, 2.05) is 0 Å². The molecule has 2 amide bonds. The van der Waals surface area contributed by atoms with E-state index in [-0.39, 0.29) is 17.1 Å². The number of hydrogen-bond acceptors (Lipinski definition) is 6. The molecule has 0 saturated heterocycles. The Labute approximate surface area is 212 Å². The molecular weight excluding hydrogens is 486 g/mol. The topological polar surface area (TPSA) is 115 Å². The summed E-state index contributed by atoms with van der Waals surface area (Å²) in [5.41, 5.74) is 1.57. The van der Waals surface area contributed by atoms with Crippen molar-refractivity contribution in [3.8, 4) is 0 Å². The van der Waals surface area contributed by atoms with Crippen LogP contribution in [-0.2, 0) is 4.79 Å². The molecule has 1 aromatic heterocycles. The van der Waals surface area contributed by atoms with Gasteiger partial charge in [-0.15, -0.1) is 11.8 Å². The van der Waals surface area contributed by atoms with Crippen molar-refractivity contribution in [3.05, 3.63) is 82.5 Å². The van der Waals surface area contributed by atoms with Crippen molar-refractivity contribution in [1.82, 2.24) is 9.88 Å². The number of hydrogen-bond donors (Lipinski definition) is 3. The fourth-order valence-corrected chi connectivity index (χ4v) is 3.81. The van der Waals surface area contributed by atoms with E-state index < -0.39 is 11.8 Å². The first kappa shape index (κ1) is 25.9. The van der Waals surface area contributed by atoms with Crippen LogP contribution in [0.3, 0.4) is 0 Å². The largest absolute Gasteiger partial charge is 0.363 e. The zero-order valence-electron chi connectivity index (χ0n) is 19.4. The van der Waals surface area contributed by atoms with Crippen molar-refractivity contribution in [2.24, 2.45) is 0 Å². The minimum atomic E-state index is -0.477. The number of amidine groups is 1. The van der Waals surface area contributed by atoms with Crippen LogP contribution in [0.4, 0.5) is 11.5 Å². The molecule has 0 radical (unpaired) electrons. The van der Waals surface area contributed by atoms with Crippen molar-refractivity contribution in [3.63, 3.8) is 0 Å². The maximum Gasteiger partial charge on any atom is 0.258 e. The third-order valence-electron chi connectivity index (χ3n) is 4.76. The number of thioether (sulfide) groups is 1. The first-order valence-corrected chi connectivity index (χ1v) is 11.9. The summed E-state index contributed by atoms with van der Waals surface area (Å²) in [6.07, 6.45) is 1.42. The van der Waals surface area contributed by atoms with Crippen LogP contribution >= 0.6 is 23.4 Å². The third kappa shape index (κ3) is 7.14. The van der Waals surface area contributed by atoms with Gasteiger partial charge in [-0.25, -0.2) is 4.98 Å². The molecule has 0 fully saturated rings. The van der Waals surface area contributed by atoms with Gasteiger partial charge in [0.05, 0.1) is 22.0 Å². The van der Waals surface area contributed by atoms with Gasteiger partial charge in [-0.3, -0.25) is 19.8 Å². The van der Waals surface area contributed by atoms with E-state index in [9.17, 15) is 14.4 Å². The van der Waals surface area contributed by atoms with Crippen molar-refractivity contribution in [2.75, 3.05) is 30.5 Å². The summed E-state index contributed by atoms with van der Waals surface area (Å²) in [7, 11) is 3.54. The van der Waals surface area contributed by atoms with Gasteiger partial charge in [-0.05, 0) is 49.4 Å². The second-order valence-electron chi connectivity index (χ2n) is 7.79. The molecule has 3 rings (SSSR count). The van der Waals surface area contributed by atoms with Gasteiger partial charge in [0.15, 0.2) is 0 Å². The molecule has 0 aliphatic rings. The van der Waals surface area contributed by atoms with Crippen molar-refractivity contribution >= 4 is 58.3 Å². The lowest BCUT2D eigenvalue weighted by Gasteiger charge is -2.15. The fourth-order valence-electron chi connectivity index (χ4n) is 2.96. The Morgan fingerprint density at radius 3 is 2.26 bits per heavy atom. The molecule has 0 aliphatic heterocycles. The normalized spacial score (nSPS) is 10.4. The van der Waals surface area contributed by atoms with E-state index in [2.05, 4.69) is 15.6 Å². The minimum absolute atomic E-state index is 0.00883. The zero-order chi connectivity index (χ0) is 25.5. The number of nitrogens with zero attached hydrogens (tertiary/aromatic N) is 2. The first-order valence-electron chi connectivity index (χ1n) is 10.5. The van der Waals surface area contributed by atoms with Crippen LogP contribution in [-0.4, -0.2) is 53.2 Å². The van der Waals surface area contributed by atoms with Gasteiger partial charge < -0.3 is 15.5 Å². The Kier molecular flexibility index (Phi) is 8.62. The zero-order valence-corrected chi connectivity index (χ0v) is 21.0. The average Bonchev–Trinajstić information content (AvgIpc) is 2.84. The minimum Gasteiger partial charge on any atom is -0.363 e. The second kappa shape index (κ2) is 11.6. The molecule has 0 unspecified atom stereocenters. The lowest BCUT2D eigenvalue weighted by atomic mass is 10.1. The summed E-state index contributed by atoms with van der Waals surface area (Å²) < 4.78 is 0. The predicted octanol–water partition coefficient (Wildman–Crippen LogP) is 4.81. The predicted molar refractivity (Wildman–Crippen MR) is 140 cm³/mol. The number of benzene rings is 2. The summed E-state index contributed by atoms with van der Waals surface area (Å²) in [5, 5.41) is 14.0. The molecule has 1 heterocycles. The summed E-state index contributed by atoms with van der Waals surface area (Å²) in [4.78, 5) is 43.8. The van der Waals surface area contributed by atoms with Crippen LogP contribution < -0.4 is 10.6 Å². The van der Waals surface area contributed by atoms with E-state index in [1.54, 1.807) is 73.6 Å². The molecule has 3 aromatic rings. The number of rotatable bonds is 8. The monoisotopic (exact) mass is 509 g/mol. The van der Waals surface area contributed by atoms with Crippen LogP contribution in [0.5, 0.6) is 0 Å². The lowest BCUT2D eigenvalue weighted by Crippen LogP contribution is -2.22. The van der Waals surface area contributed by atoms with Crippen LogP contribution in [0.15, 0.2) is 65.7 Å². The van der Waals surface area contributed by atoms with Gasteiger partial charge in [0, 0.05) is 36.3 Å². The van der Waals surface area contributed by atoms with Crippen LogP contribution in [0.1, 0.15) is 33.2 Å². The standard InChI is InChI=1S/C25H24ClN5O3S/c1-15(32)14-35-19-9-10-21(20(12-19)25(34)30-22-11-8-18(26)13-28-22)29-24(33)17-6-4-16(5-7-17)23(27)31(2)3/h4-13,27H,14H2,1-3H3,(H,29,33)(H,28,30,34). The van der Waals surface area contributed by atoms with Crippen LogP contribution in [0.2, 0.25) is 5.02 Å². The van der Waals surface area contributed by atoms with E-state index in [0.29, 0.717) is 38.4 Å². The number of Topliss-reactive ketones (excluding diaryl/α,β-unsaturated/α-hetero) is 1. The van der Waals surface area contributed by atoms with E-state index in [0.717, 1.165) is 0 Å². The number of pyridine rings is 1. The smallest absolute Gasteiger partial charge is 0.258 e. The lowest BCUT2D eigenvalue weighted by molar-refractivity contribution is -0.114. The number of amides is 2.